The number of carbonyl (C=O) groups excluding carboxylic acids is 1. The van der Waals surface area contributed by atoms with Gasteiger partial charge in [0.1, 0.15) is 0 Å². The van der Waals surface area contributed by atoms with Crippen LogP contribution < -0.4 is 16.2 Å². The van der Waals surface area contributed by atoms with Crippen LogP contribution in [0.15, 0.2) is 53.3 Å². The Kier molecular flexibility index (Phi) is 6.49. The van der Waals surface area contributed by atoms with Crippen molar-refractivity contribution in [3.05, 3.63) is 63.9 Å². The van der Waals surface area contributed by atoms with Gasteiger partial charge in [-0.3, -0.25) is 24.8 Å². The van der Waals surface area contributed by atoms with E-state index in [1.807, 2.05) is 30.3 Å². The van der Waals surface area contributed by atoms with Gasteiger partial charge >= 0.3 is 0 Å². The summed E-state index contributed by atoms with van der Waals surface area (Å²) in [5, 5.41) is 6.41. The number of nitrogens with one attached hydrogen (secondary N) is 4. The molecule has 3 heterocycles. The van der Waals surface area contributed by atoms with Gasteiger partial charge in [0.15, 0.2) is 0 Å². The lowest BCUT2D eigenvalue weighted by atomic mass is 10.1. The highest BCUT2D eigenvalue weighted by molar-refractivity contribution is 6.33. The van der Waals surface area contributed by atoms with Gasteiger partial charge in [0.05, 0.1) is 34.0 Å². The first kappa shape index (κ1) is 23.0. The van der Waals surface area contributed by atoms with E-state index in [1.165, 1.54) is 6.07 Å². The number of carbonyl (C=O) groups is 1. The molecule has 1 aliphatic rings. The second-order valence-corrected chi connectivity index (χ2v) is 8.94. The minimum absolute atomic E-state index is 0.111. The van der Waals surface area contributed by atoms with Crippen molar-refractivity contribution in [2.24, 2.45) is 0 Å². The molecule has 0 atom stereocenters. The van der Waals surface area contributed by atoms with Gasteiger partial charge in [-0.1, -0.05) is 29.8 Å². The summed E-state index contributed by atoms with van der Waals surface area (Å²) in [5.41, 5.74) is 2.95. The van der Waals surface area contributed by atoms with Crippen LogP contribution in [-0.2, 0) is 4.79 Å². The van der Waals surface area contributed by atoms with Gasteiger partial charge in [-0.25, -0.2) is 9.97 Å². The highest BCUT2D eigenvalue weighted by Crippen LogP contribution is 2.25. The third-order valence-electron chi connectivity index (χ3n) is 5.87. The molecule has 5 rings (SSSR count). The zero-order valence-corrected chi connectivity index (χ0v) is 19.9. The summed E-state index contributed by atoms with van der Waals surface area (Å²) in [7, 11) is 2.08. The monoisotopic (exact) mass is 492 g/mol. The van der Waals surface area contributed by atoms with Crippen LogP contribution >= 0.6 is 11.6 Å². The Balaban J connectivity index is 1.33. The molecular weight excluding hydrogens is 468 g/mol. The molecule has 0 saturated carbocycles. The minimum Gasteiger partial charge on any atom is -0.324 e. The van der Waals surface area contributed by atoms with E-state index < -0.39 is 0 Å². The van der Waals surface area contributed by atoms with E-state index in [0.29, 0.717) is 40.0 Å². The Labute approximate surface area is 206 Å². The molecule has 35 heavy (non-hydrogen) atoms. The Morgan fingerprint density at radius 1 is 1.03 bits per heavy atom. The summed E-state index contributed by atoms with van der Waals surface area (Å²) in [6.07, 6.45) is 0. The molecule has 180 valence electrons. The zero-order chi connectivity index (χ0) is 24.4. The van der Waals surface area contributed by atoms with Crippen molar-refractivity contribution < 1.29 is 4.79 Å². The molecule has 10 nitrogen and oxygen atoms in total. The number of likely N-dealkylation sites (N-methyl/N-ethyl adjacent to an activating group) is 1. The van der Waals surface area contributed by atoms with Crippen molar-refractivity contribution in [3.63, 3.8) is 0 Å². The second kappa shape index (κ2) is 9.87. The lowest BCUT2D eigenvalue weighted by Gasteiger charge is -2.31. The lowest BCUT2D eigenvalue weighted by Crippen LogP contribution is -2.47. The van der Waals surface area contributed by atoms with Gasteiger partial charge < -0.3 is 15.2 Å². The normalized spacial score (nSPS) is 14.8. The summed E-state index contributed by atoms with van der Waals surface area (Å²) in [4.78, 5) is 44.0. The average molecular weight is 493 g/mol. The number of rotatable bonds is 6. The molecule has 2 aromatic heterocycles. The van der Waals surface area contributed by atoms with Crippen LogP contribution in [0.3, 0.4) is 0 Å². The number of para-hydroxylation sites is 1. The summed E-state index contributed by atoms with van der Waals surface area (Å²) in [5.74, 6) is 0.552. The first-order valence-corrected chi connectivity index (χ1v) is 11.6. The smallest absolute Gasteiger partial charge is 0.252 e. The Hall–Kier alpha value is -3.73. The Morgan fingerprint density at radius 2 is 1.83 bits per heavy atom. The number of amides is 1. The maximum absolute atomic E-state index is 12.5. The fraction of sp³-hybridized carbons (Fsp3) is 0.250. The quantitative estimate of drug-likeness (QED) is 0.326. The van der Waals surface area contributed by atoms with E-state index in [0.717, 1.165) is 31.7 Å². The molecule has 0 unspecified atom stereocenters. The number of benzene rings is 2. The molecule has 11 heteroatoms. The predicted octanol–water partition coefficient (Wildman–Crippen LogP) is 2.90. The van der Waals surface area contributed by atoms with Crippen LogP contribution in [-0.4, -0.2) is 75.4 Å². The van der Waals surface area contributed by atoms with Crippen molar-refractivity contribution in [1.29, 1.82) is 0 Å². The number of nitrogens with zero attached hydrogens (tertiary/aromatic N) is 4. The van der Waals surface area contributed by atoms with Gasteiger partial charge in [-0.2, -0.15) is 0 Å². The molecule has 0 spiro atoms. The SMILES string of the molecule is CN1CCN(CC(=O)Nc2nc3cc(-c4cc(=O)[nH]c(Nc5ccccc5Cl)n4)ccc3[nH]2)CC1. The standard InChI is InChI=1S/C24H25ClN8O2/c1-32-8-10-33(11-9-32)14-22(35)31-24-27-18-7-6-15(12-20(18)29-24)19-13-21(34)30-23(28-19)26-17-5-3-2-4-16(17)25/h2-7,12-13H,8-11,14H2,1H3,(H2,26,28,30,34)(H2,27,29,31,35). The number of aromatic nitrogens is 4. The fourth-order valence-corrected chi connectivity index (χ4v) is 4.14. The van der Waals surface area contributed by atoms with Crippen molar-refractivity contribution in [2.45, 2.75) is 0 Å². The van der Waals surface area contributed by atoms with Crippen molar-refractivity contribution >= 4 is 46.1 Å². The number of H-pyrrole nitrogens is 2. The number of halogens is 1. The van der Waals surface area contributed by atoms with Crippen LogP contribution in [0.2, 0.25) is 5.02 Å². The van der Waals surface area contributed by atoms with E-state index >= 15 is 0 Å². The van der Waals surface area contributed by atoms with Crippen LogP contribution in [0.4, 0.5) is 17.6 Å². The van der Waals surface area contributed by atoms with E-state index in [4.69, 9.17) is 11.6 Å². The molecule has 4 aromatic rings. The van der Waals surface area contributed by atoms with Gasteiger partial charge in [0.25, 0.3) is 5.56 Å². The third kappa shape index (κ3) is 5.51. The largest absolute Gasteiger partial charge is 0.324 e. The summed E-state index contributed by atoms with van der Waals surface area (Å²) < 4.78 is 0. The molecule has 1 aliphatic heterocycles. The predicted molar refractivity (Wildman–Crippen MR) is 137 cm³/mol. The molecule has 4 N–H and O–H groups in total. The Morgan fingerprint density at radius 3 is 2.63 bits per heavy atom. The molecule has 1 saturated heterocycles. The first-order valence-electron chi connectivity index (χ1n) is 11.3. The number of anilines is 3. The van der Waals surface area contributed by atoms with E-state index in [2.05, 4.69) is 47.4 Å². The minimum atomic E-state index is -0.302. The zero-order valence-electron chi connectivity index (χ0n) is 19.1. The van der Waals surface area contributed by atoms with Gasteiger partial charge in [-0.15, -0.1) is 0 Å². The molecule has 0 radical (unpaired) electrons. The third-order valence-corrected chi connectivity index (χ3v) is 6.20. The van der Waals surface area contributed by atoms with E-state index in [9.17, 15) is 9.59 Å². The van der Waals surface area contributed by atoms with E-state index in [-0.39, 0.29) is 17.4 Å². The van der Waals surface area contributed by atoms with Gasteiger partial charge in [-0.05, 0) is 31.3 Å². The van der Waals surface area contributed by atoms with Crippen LogP contribution in [0.5, 0.6) is 0 Å². The van der Waals surface area contributed by atoms with Gasteiger partial charge in [0.2, 0.25) is 17.8 Å². The number of imidazole rings is 1. The van der Waals surface area contributed by atoms with Crippen molar-refractivity contribution in [1.82, 2.24) is 29.7 Å². The lowest BCUT2D eigenvalue weighted by molar-refractivity contribution is -0.117. The fourth-order valence-electron chi connectivity index (χ4n) is 3.96. The first-order chi connectivity index (χ1) is 16.9. The highest BCUT2D eigenvalue weighted by Gasteiger charge is 2.17. The highest BCUT2D eigenvalue weighted by atomic mass is 35.5. The maximum Gasteiger partial charge on any atom is 0.252 e. The second-order valence-electron chi connectivity index (χ2n) is 8.53. The molecule has 2 aromatic carbocycles. The molecule has 1 fully saturated rings. The van der Waals surface area contributed by atoms with Crippen LogP contribution in [0, 0.1) is 0 Å². The van der Waals surface area contributed by atoms with Crippen LogP contribution in [0.25, 0.3) is 22.3 Å². The molecule has 0 bridgehead atoms. The number of hydrogen-bond acceptors (Lipinski definition) is 7. The summed E-state index contributed by atoms with van der Waals surface area (Å²) in [6, 6.07) is 14.1. The maximum atomic E-state index is 12.5. The molecular formula is C24H25ClN8O2. The summed E-state index contributed by atoms with van der Waals surface area (Å²) in [6.45, 7) is 3.96. The van der Waals surface area contributed by atoms with Crippen LogP contribution in [0.1, 0.15) is 0 Å². The number of aromatic amines is 2. The molecule has 0 aliphatic carbocycles. The van der Waals surface area contributed by atoms with Crippen molar-refractivity contribution in [2.75, 3.05) is 50.4 Å². The van der Waals surface area contributed by atoms with Gasteiger partial charge in [0, 0.05) is 37.8 Å². The summed E-state index contributed by atoms with van der Waals surface area (Å²) >= 11 is 6.21. The number of hydrogen-bond donors (Lipinski definition) is 4. The average Bonchev–Trinajstić information content (AvgIpc) is 3.23. The van der Waals surface area contributed by atoms with Crippen molar-refractivity contribution in [3.8, 4) is 11.3 Å². The topological polar surface area (TPSA) is 122 Å². The molecule has 1 amide bonds. The Bertz CT molecular complexity index is 1420. The number of piperazine rings is 1. The number of fused-ring (bicyclic) bond motifs is 1. The van der Waals surface area contributed by atoms with E-state index in [1.54, 1.807) is 12.1 Å².